The third kappa shape index (κ3) is 5.48. The van der Waals surface area contributed by atoms with E-state index in [1.807, 2.05) is 0 Å². The average molecular weight is 447 g/mol. The standard InChI is InChI=1S/C28H38N4O/c33-27(23-32-17-9-14-26(32)22-29-15-7-8-16-29)30-18-20-31(21-19-30)28(24-10-3-1-4-11-24)25-12-5-2-6-13-25/h1-6,10-13,26,28H,7-9,14-23H2. The van der Waals surface area contributed by atoms with Gasteiger partial charge in [-0.05, 0) is 56.4 Å². The van der Waals surface area contributed by atoms with Gasteiger partial charge in [-0.2, -0.15) is 0 Å². The molecule has 0 N–H and O–H groups in total. The number of carbonyl (C=O) groups is 1. The molecule has 2 aromatic rings. The van der Waals surface area contributed by atoms with Gasteiger partial charge in [-0.3, -0.25) is 14.6 Å². The molecular weight excluding hydrogens is 408 g/mol. The molecule has 176 valence electrons. The molecule has 0 saturated carbocycles. The Balaban J connectivity index is 1.18. The molecule has 0 radical (unpaired) electrons. The maximum Gasteiger partial charge on any atom is 0.236 e. The van der Waals surface area contributed by atoms with Gasteiger partial charge >= 0.3 is 0 Å². The van der Waals surface area contributed by atoms with Crippen molar-refractivity contribution in [2.45, 2.75) is 37.8 Å². The second-order valence-electron chi connectivity index (χ2n) is 9.91. The number of amides is 1. The van der Waals surface area contributed by atoms with Gasteiger partial charge in [0.1, 0.15) is 0 Å². The molecule has 1 atom stereocenters. The van der Waals surface area contributed by atoms with Crippen LogP contribution in [0.2, 0.25) is 0 Å². The van der Waals surface area contributed by atoms with E-state index in [2.05, 4.69) is 80.3 Å². The van der Waals surface area contributed by atoms with Crippen LogP contribution in [-0.4, -0.2) is 90.5 Å². The lowest BCUT2D eigenvalue weighted by molar-refractivity contribution is -0.134. The van der Waals surface area contributed by atoms with Crippen LogP contribution in [0.1, 0.15) is 42.9 Å². The lowest BCUT2D eigenvalue weighted by Crippen LogP contribution is -2.53. The summed E-state index contributed by atoms with van der Waals surface area (Å²) in [5.74, 6) is 0.318. The normalized spacial score (nSPS) is 22.9. The zero-order valence-corrected chi connectivity index (χ0v) is 19.8. The van der Waals surface area contributed by atoms with Crippen molar-refractivity contribution in [3.05, 3.63) is 71.8 Å². The van der Waals surface area contributed by atoms with Gasteiger partial charge in [0.2, 0.25) is 5.91 Å². The van der Waals surface area contributed by atoms with Crippen molar-refractivity contribution in [1.82, 2.24) is 19.6 Å². The van der Waals surface area contributed by atoms with E-state index in [0.29, 0.717) is 18.5 Å². The number of nitrogens with zero attached hydrogens (tertiary/aromatic N) is 4. The fourth-order valence-electron chi connectivity index (χ4n) is 5.96. The molecule has 3 saturated heterocycles. The number of piperazine rings is 1. The number of carbonyl (C=O) groups excluding carboxylic acids is 1. The Kier molecular flexibility index (Phi) is 7.40. The predicted octanol–water partition coefficient (Wildman–Crippen LogP) is 3.48. The van der Waals surface area contributed by atoms with E-state index in [4.69, 9.17) is 0 Å². The van der Waals surface area contributed by atoms with Crippen LogP contribution in [0.3, 0.4) is 0 Å². The molecule has 0 bridgehead atoms. The lowest BCUT2D eigenvalue weighted by Gasteiger charge is -2.40. The smallest absolute Gasteiger partial charge is 0.236 e. The molecule has 2 aromatic carbocycles. The van der Waals surface area contributed by atoms with E-state index in [1.165, 1.54) is 49.9 Å². The van der Waals surface area contributed by atoms with E-state index in [9.17, 15) is 4.79 Å². The number of rotatable bonds is 7. The maximum absolute atomic E-state index is 13.2. The first-order valence-corrected chi connectivity index (χ1v) is 12.9. The molecule has 0 aliphatic carbocycles. The molecule has 5 heteroatoms. The molecule has 1 unspecified atom stereocenters. The van der Waals surface area contributed by atoms with E-state index < -0.39 is 0 Å². The van der Waals surface area contributed by atoms with Crippen molar-refractivity contribution in [2.24, 2.45) is 0 Å². The van der Waals surface area contributed by atoms with Crippen LogP contribution in [0.25, 0.3) is 0 Å². The van der Waals surface area contributed by atoms with E-state index >= 15 is 0 Å². The van der Waals surface area contributed by atoms with Crippen molar-refractivity contribution >= 4 is 5.91 Å². The molecule has 33 heavy (non-hydrogen) atoms. The highest BCUT2D eigenvalue weighted by atomic mass is 16.2. The fraction of sp³-hybridized carbons (Fsp3) is 0.536. The molecule has 0 spiro atoms. The van der Waals surface area contributed by atoms with E-state index in [0.717, 1.165) is 39.3 Å². The SMILES string of the molecule is O=C(CN1CCCC1CN1CCCC1)N1CCN(C(c2ccccc2)c2ccccc2)CC1. The fourth-order valence-corrected chi connectivity index (χ4v) is 5.96. The molecule has 0 aromatic heterocycles. The summed E-state index contributed by atoms with van der Waals surface area (Å²) in [6.45, 7) is 8.77. The summed E-state index contributed by atoms with van der Waals surface area (Å²) >= 11 is 0. The second-order valence-corrected chi connectivity index (χ2v) is 9.91. The highest BCUT2D eigenvalue weighted by molar-refractivity contribution is 5.78. The van der Waals surface area contributed by atoms with Crippen molar-refractivity contribution in [3.8, 4) is 0 Å². The summed E-state index contributed by atoms with van der Waals surface area (Å²) in [5.41, 5.74) is 2.65. The third-order valence-electron chi connectivity index (χ3n) is 7.77. The zero-order valence-electron chi connectivity index (χ0n) is 19.8. The van der Waals surface area contributed by atoms with Crippen LogP contribution in [0.4, 0.5) is 0 Å². The zero-order chi connectivity index (χ0) is 22.5. The second kappa shape index (κ2) is 10.8. The first kappa shape index (κ1) is 22.6. The van der Waals surface area contributed by atoms with Gasteiger partial charge in [0.05, 0.1) is 12.6 Å². The van der Waals surface area contributed by atoms with Crippen molar-refractivity contribution < 1.29 is 4.79 Å². The largest absolute Gasteiger partial charge is 0.339 e. The van der Waals surface area contributed by atoms with E-state index in [-0.39, 0.29) is 6.04 Å². The number of hydrogen-bond donors (Lipinski definition) is 0. The summed E-state index contributed by atoms with van der Waals surface area (Å²) < 4.78 is 0. The Morgan fingerprint density at radius 3 is 1.97 bits per heavy atom. The van der Waals surface area contributed by atoms with Crippen LogP contribution in [0.5, 0.6) is 0 Å². The number of hydrogen-bond acceptors (Lipinski definition) is 4. The molecule has 3 heterocycles. The maximum atomic E-state index is 13.2. The minimum atomic E-state index is 0.244. The minimum Gasteiger partial charge on any atom is -0.339 e. The summed E-state index contributed by atoms with van der Waals surface area (Å²) in [6, 6.07) is 22.4. The van der Waals surface area contributed by atoms with Crippen LogP contribution in [0, 0.1) is 0 Å². The first-order chi connectivity index (χ1) is 16.3. The van der Waals surface area contributed by atoms with Gasteiger partial charge in [-0.1, -0.05) is 60.7 Å². The Bertz CT molecular complexity index is 836. The van der Waals surface area contributed by atoms with Crippen LogP contribution in [-0.2, 0) is 4.79 Å². The third-order valence-corrected chi connectivity index (χ3v) is 7.77. The minimum absolute atomic E-state index is 0.244. The van der Waals surface area contributed by atoms with Gasteiger partial charge in [0, 0.05) is 38.8 Å². The van der Waals surface area contributed by atoms with Crippen LogP contribution >= 0.6 is 0 Å². The average Bonchev–Trinajstić information content (AvgIpc) is 3.54. The van der Waals surface area contributed by atoms with Crippen molar-refractivity contribution in [3.63, 3.8) is 0 Å². The number of benzene rings is 2. The van der Waals surface area contributed by atoms with Crippen LogP contribution < -0.4 is 0 Å². The topological polar surface area (TPSA) is 30.0 Å². The molecule has 1 amide bonds. The lowest BCUT2D eigenvalue weighted by atomic mass is 9.96. The van der Waals surface area contributed by atoms with Gasteiger partial charge in [-0.25, -0.2) is 0 Å². The molecule has 3 aliphatic heterocycles. The Morgan fingerprint density at radius 2 is 1.36 bits per heavy atom. The monoisotopic (exact) mass is 446 g/mol. The highest BCUT2D eigenvalue weighted by Crippen LogP contribution is 2.29. The summed E-state index contributed by atoms with van der Waals surface area (Å²) in [7, 11) is 0. The Morgan fingerprint density at radius 1 is 0.758 bits per heavy atom. The summed E-state index contributed by atoms with van der Waals surface area (Å²) in [6.07, 6.45) is 5.15. The predicted molar refractivity (Wildman–Crippen MR) is 133 cm³/mol. The van der Waals surface area contributed by atoms with Crippen LogP contribution in [0.15, 0.2) is 60.7 Å². The van der Waals surface area contributed by atoms with Crippen molar-refractivity contribution in [1.29, 1.82) is 0 Å². The first-order valence-electron chi connectivity index (χ1n) is 12.9. The van der Waals surface area contributed by atoms with Crippen molar-refractivity contribution in [2.75, 3.05) is 58.9 Å². The summed E-state index contributed by atoms with van der Waals surface area (Å²) in [4.78, 5) is 22.9. The van der Waals surface area contributed by atoms with Gasteiger partial charge in [0.25, 0.3) is 0 Å². The molecule has 5 nitrogen and oxygen atoms in total. The number of likely N-dealkylation sites (tertiary alicyclic amines) is 2. The molecule has 3 aliphatic rings. The van der Waals surface area contributed by atoms with Gasteiger partial charge in [-0.15, -0.1) is 0 Å². The van der Waals surface area contributed by atoms with Gasteiger partial charge in [0.15, 0.2) is 0 Å². The quantitative estimate of drug-likeness (QED) is 0.651. The highest BCUT2D eigenvalue weighted by Gasteiger charge is 2.32. The Labute approximate surface area is 199 Å². The molecule has 3 fully saturated rings. The van der Waals surface area contributed by atoms with E-state index in [1.54, 1.807) is 0 Å². The Hall–Kier alpha value is -2.21. The molecule has 5 rings (SSSR count). The summed E-state index contributed by atoms with van der Waals surface area (Å²) in [5, 5.41) is 0. The van der Waals surface area contributed by atoms with Gasteiger partial charge < -0.3 is 9.80 Å². The molecular formula is C28H38N4O.